The molecule has 0 aliphatic rings. The molecule has 3 aromatic rings. The highest BCUT2D eigenvalue weighted by Crippen LogP contribution is 2.23. The standard InChI is InChI=1S/C17H13ClN2O2S/c18-14-8-6-13(7-9-14)15-11-20(17(22)23-15)19-16(21)10-12-4-2-1-3-5-12/h1-9,11H,10H2,(H,19,21). The largest absolute Gasteiger partial charge is 0.326 e. The third-order valence-corrected chi connectivity index (χ3v) is 4.41. The monoisotopic (exact) mass is 344 g/mol. The van der Waals surface area contributed by atoms with Crippen LogP contribution in [0, 0.1) is 0 Å². The molecule has 116 valence electrons. The van der Waals surface area contributed by atoms with Crippen LogP contribution in [0.3, 0.4) is 0 Å². The maximum Gasteiger partial charge on any atom is 0.326 e. The minimum atomic E-state index is -0.239. The molecule has 0 atom stereocenters. The SMILES string of the molecule is O=C(Cc1ccccc1)Nn1cc(-c2ccc(Cl)cc2)sc1=O. The Morgan fingerprint density at radius 1 is 1.09 bits per heavy atom. The number of benzene rings is 2. The highest BCUT2D eigenvalue weighted by atomic mass is 35.5. The second-order valence-corrected chi connectivity index (χ2v) is 6.37. The van der Waals surface area contributed by atoms with Crippen molar-refractivity contribution >= 4 is 28.8 Å². The van der Waals surface area contributed by atoms with E-state index in [0.29, 0.717) is 5.02 Å². The van der Waals surface area contributed by atoms with Gasteiger partial charge in [-0.15, -0.1) is 0 Å². The molecule has 0 bridgehead atoms. The number of amides is 1. The zero-order valence-corrected chi connectivity index (χ0v) is 13.6. The maximum absolute atomic E-state index is 12.0. The van der Waals surface area contributed by atoms with Crippen LogP contribution in [0.25, 0.3) is 10.4 Å². The summed E-state index contributed by atoms with van der Waals surface area (Å²) in [6.45, 7) is 0. The van der Waals surface area contributed by atoms with Crippen molar-refractivity contribution in [1.82, 2.24) is 4.68 Å². The zero-order chi connectivity index (χ0) is 16.2. The van der Waals surface area contributed by atoms with Gasteiger partial charge >= 0.3 is 4.87 Å². The van der Waals surface area contributed by atoms with Crippen molar-refractivity contribution < 1.29 is 4.79 Å². The van der Waals surface area contributed by atoms with Crippen molar-refractivity contribution in [2.24, 2.45) is 0 Å². The molecule has 4 nitrogen and oxygen atoms in total. The van der Waals surface area contributed by atoms with Crippen LogP contribution in [0.15, 0.2) is 65.6 Å². The molecule has 1 aromatic heterocycles. The first-order valence-corrected chi connectivity index (χ1v) is 8.13. The van der Waals surface area contributed by atoms with Crippen LogP contribution in [0.4, 0.5) is 0 Å². The number of halogens is 1. The summed E-state index contributed by atoms with van der Waals surface area (Å²) < 4.78 is 1.22. The highest BCUT2D eigenvalue weighted by molar-refractivity contribution is 7.12. The lowest BCUT2D eigenvalue weighted by molar-refractivity contribution is -0.116. The van der Waals surface area contributed by atoms with Gasteiger partial charge in [0.1, 0.15) is 0 Å². The van der Waals surface area contributed by atoms with E-state index in [4.69, 9.17) is 11.6 Å². The molecule has 0 aliphatic carbocycles. The normalized spacial score (nSPS) is 10.5. The Labute approximate surface area is 141 Å². The number of rotatable bonds is 4. The van der Waals surface area contributed by atoms with Gasteiger partial charge in [-0.1, -0.05) is 65.4 Å². The van der Waals surface area contributed by atoms with E-state index in [-0.39, 0.29) is 17.2 Å². The van der Waals surface area contributed by atoms with Gasteiger partial charge in [-0.2, -0.15) is 0 Å². The smallest absolute Gasteiger partial charge is 0.273 e. The van der Waals surface area contributed by atoms with Gasteiger partial charge in [0.25, 0.3) is 0 Å². The second kappa shape index (κ2) is 6.81. The first-order valence-electron chi connectivity index (χ1n) is 6.94. The van der Waals surface area contributed by atoms with E-state index in [9.17, 15) is 9.59 Å². The van der Waals surface area contributed by atoms with Crippen molar-refractivity contribution in [2.45, 2.75) is 6.42 Å². The van der Waals surface area contributed by atoms with Crippen molar-refractivity contribution in [3.63, 3.8) is 0 Å². The van der Waals surface area contributed by atoms with E-state index in [2.05, 4.69) is 5.43 Å². The minimum absolute atomic E-state index is 0.222. The predicted molar refractivity (Wildman–Crippen MR) is 93.5 cm³/mol. The summed E-state index contributed by atoms with van der Waals surface area (Å²) in [6, 6.07) is 16.6. The summed E-state index contributed by atoms with van der Waals surface area (Å²) in [6.07, 6.45) is 1.85. The maximum atomic E-state index is 12.0. The molecule has 0 radical (unpaired) electrons. The molecule has 3 rings (SSSR count). The fourth-order valence-corrected chi connectivity index (χ4v) is 3.04. The van der Waals surface area contributed by atoms with Gasteiger partial charge < -0.3 is 0 Å². The molecule has 1 heterocycles. The third kappa shape index (κ3) is 3.88. The van der Waals surface area contributed by atoms with Gasteiger partial charge in [0.2, 0.25) is 5.91 Å². The van der Waals surface area contributed by atoms with E-state index in [1.165, 1.54) is 4.68 Å². The van der Waals surface area contributed by atoms with Crippen LogP contribution in [0.2, 0.25) is 5.02 Å². The molecular formula is C17H13ClN2O2S. The Bertz CT molecular complexity index is 870. The van der Waals surface area contributed by atoms with Crippen LogP contribution < -0.4 is 10.3 Å². The van der Waals surface area contributed by atoms with E-state index in [0.717, 1.165) is 27.3 Å². The number of carbonyl (C=O) groups excluding carboxylic acids is 1. The highest BCUT2D eigenvalue weighted by Gasteiger charge is 2.09. The van der Waals surface area contributed by atoms with Gasteiger partial charge in [-0.25, -0.2) is 4.68 Å². The summed E-state index contributed by atoms with van der Waals surface area (Å²) in [7, 11) is 0. The molecule has 0 saturated carbocycles. The van der Waals surface area contributed by atoms with E-state index in [1.807, 2.05) is 42.5 Å². The Hall–Kier alpha value is -2.37. The molecule has 2 aromatic carbocycles. The lowest BCUT2D eigenvalue weighted by Gasteiger charge is -2.04. The van der Waals surface area contributed by atoms with Gasteiger partial charge in [-0.3, -0.25) is 15.0 Å². The third-order valence-electron chi connectivity index (χ3n) is 3.22. The molecule has 6 heteroatoms. The molecule has 0 spiro atoms. The van der Waals surface area contributed by atoms with Crippen LogP contribution >= 0.6 is 22.9 Å². The van der Waals surface area contributed by atoms with E-state index < -0.39 is 0 Å². The van der Waals surface area contributed by atoms with Gasteiger partial charge in [-0.05, 0) is 23.3 Å². The number of aromatic nitrogens is 1. The first-order chi connectivity index (χ1) is 11.1. The zero-order valence-electron chi connectivity index (χ0n) is 12.0. The quantitative estimate of drug-likeness (QED) is 0.787. The average molecular weight is 345 g/mol. The molecule has 0 fully saturated rings. The van der Waals surface area contributed by atoms with E-state index in [1.54, 1.807) is 18.3 Å². The first kappa shape index (κ1) is 15.5. The molecule has 0 saturated heterocycles. The minimum Gasteiger partial charge on any atom is -0.273 e. The molecular weight excluding hydrogens is 332 g/mol. The molecule has 1 amide bonds. The summed E-state index contributed by atoms with van der Waals surface area (Å²) >= 11 is 6.93. The summed E-state index contributed by atoms with van der Waals surface area (Å²) in [5.74, 6) is -0.237. The lowest BCUT2D eigenvalue weighted by Crippen LogP contribution is -2.30. The van der Waals surface area contributed by atoms with Crippen LogP contribution in [-0.4, -0.2) is 10.6 Å². The Morgan fingerprint density at radius 3 is 2.48 bits per heavy atom. The topological polar surface area (TPSA) is 51.1 Å². The Kier molecular flexibility index (Phi) is 4.60. The number of hydrogen-bond acceptors (Lipinski definition) is 3. The second-order valence-electron chi connectivity index (χ2n) is 4.94. The number of carbonyl (C=O) groups is 1. The van der Waals surface area contributed by atoms with Crippen LogP contribution in [0.1, 0.15) is 5.56 Å². The molecule has 1 N–H and O–H groups in total. The van der Waals surface area contributed by atoms with Crippen LogP contribution in [-0.2, 0) is 11.2 Å². The fourth-order valence-electron chi connectivity index (χ4n) is 2.12. The number of thiazole rings is 1. The van der Waals surface area contributed by atoms with Crippen LogP contribution in [0.5, 0.6) is 0 Å². The number of nitrogens with zero attached hydrogens (tertiary/aromatic N) is 1. The lowest BCUT2D eigenvalue weighted by atomic mass is 10.1. The Balaban J connectivity index is 1.75. The summed E-state index contributed by atoms with van der Waals surface area (Å²) in [4.78, 5) is 24.6. The predicted octanol–water partition coefficient (Wildman–Crippen LogP) is 3.54. The molecule has 0 aliphatic heterocycles. The van der Waals surface area contributed by atoms with Gasteiger partial charge in [0.15, 0.2) is 0 Å². The fraction of sp³-hybridized carbons (Fsp3) is 0.0588. The summed E-state index contributed by atoms with van der Waals surface area (Å²) in [5.41, 5.74) is 4.39. The van der Waals surface area contributed by atoms with E-state index >= 15 is 0 Å². The van der Waals surface area contributed by atoms with Crippen molar-refractivity contribution in [3.05, 3.63) is 81.0 Å². The Morgan fingerprint density at radius 2 is 1.78 bits per heavy atom. The van der Waals surface area contributed by atoms with Crippen molar-refractivity contribution in [2.75, 3.05) is 5.43 Å². The van der Waals surface area contributed by atoms with Gasteiger partial charge in [0.05, 0.1) is 11.3 Å². The van der Waals surface area contributed by atoms with Crippen molar-refractivity contribution in [1.29, 1.82) is 0 Å². The molecule has 23 heavy (non-hydrogen) atoms. The van der Waals surface area contributed by atoms with Crippen molar-refractivity contribution in [3.8, 4) is 10.4 Å². The summed E-state index contributed by atoms with van der Waals surface area (Å²) in [5, 5.41) is 0.636. The number of nitrogens with one attached hydrogen (secondary N) is 1. The molecule has 0 unspecified atom stereocenters. The van der Waals surface area contributed by atoms with Gasteiger partial charge in [0, 0.05) is 11.2 Å². The average Bonchev–Trinajstić information content (AvgIpc) is 2.90. The number of hydrogen-bond donors (Lipinski definition) is 1.